The highest BCUT2D eigenvalue weighted by Crippen LogP contribution is 2.29. The number of aromatic nitrogens is 2. The highest BCUT2D eigenvalue weighted by Gasteiger charge is 2.21. The minimum Gasteiger partial charge on any atom is -0.339 e. The van der Waals surface area contributed by atoms with Gasteiger partial charge in [0.05, 0.1) is 5.69 Å². The normalized spacial score (nSPS) is 14.0. The van der Waals surface area contributed by atoms with Gasteiger partial charge in [-0.05, 0) is 90.8 Å². The smallest absolute Gasteiger partial charge is 0.255 e. The summed E-state index contributed by atoms with van der Waals surface area (Å²) in [4.78, 5) is 37.0. The third kappa shape index (κ3) is 6.68. The van der Waals surface area contributed by atoms with Crippen LogP contribution in [0.2, 0.25) is 0 Å². The molecule has 42 heavy (non-hydrogen) atoms. The molecule has 0 saturated carbocycles. The molecule has 0 atom stereocenters. The van der Waals surface area contributed by atoms with Crippen LogP contribution in [0.15, 0.2) is 79.0 Å². The van der Waals surface area contributed by atoms with Gasteiger partial charge in [-0.2, -0.15) is 0 Å². The number of benzene rings is 3. The molecule has 3 aromatic carbocycles. The lowest BCUT2D eigenvalue weighted by Gasteiger charge is -2.30. The van der Waals surface area contributed by atoms with Crippen LogP contribution >= 0.6 is 0 Å². The van der Waals surface area contributed by atoms with Crippen molar-refractivity contribution in [3.63, 3.8) is 0 Å². The molecule has 0 bridgehead atoms. The van der Waals surface area contributed by atoms with Gasteiger partial charge in [-0.25, -0.2) is 9.97 Å². The van der Waals surface area contributed by atoms with Crippen molar-refractivity contribution in [3.05, 3.63) is 101 Å². The third-order valence-corrected chi connectivity index (χ3v) is 7.99. The van der Waals surface area contributed by atoms with E-state index >= 15 is 0 Å². The second-order valence-electron chi connectivity index (χ2n) is 12.2. The first-order valence-electron chi connectivity index (χ1n) is 14.6. The van der Waals surface area contributed by atoms with Crippen molar-refractivity contribution in [1.29, 1.82) is 0 Å². The van der Waals surface area contributed by atoms with Gasteiger partial charge in [0.1, 0.15) is 0 Å². The summed E-state index contributed by atoms with van der Waals surface area (Å²) >= 11 is 0. The molecule has 0 unspecified atom stereocenters. The molecular formula is C35H39N5O2. The molecule has 1 fully saturated rings. The predicted octanol–water partition coefficient (Wildman–Crippen LogP) is 7.62. The number of nitrogens with zero attached hydrogens (tertiary/aromatic N) is 3. The van der Waals surface area contributed by atoms with Gasteiger partial charge < -0.3 is 15.5 Å². The highest BCUT2D eigenvalue weighted by molar-refractivity contribution is 6.05. The molecule has 216 valence electrons. The Bertz CT molecular complexity index is 1560. The summed E-state index contributed by atoms with van der Waals surface area (Å²) < 4.78 is 0. The number of nitrogens with one attached hydrogen (secondary N) is 2. The van der Waals surface area contributed by atoms with Crippen molar-refractivity contribution < 1.29 is 9.59 Å². The molecule has 1 aliphatic heterocycles. The minimum atomic E-state index is -0.155. The van der Waals surface area contributed by atoms with E-state index < -0.39 is 0 Å². The van der Waals surface area contributed by atoms with Crippen molar-refractivity contribution in [2.24, 2.45) is 5.92 Å². The minimum absolute atomic E-state index is 0.0273. The van der Waals surface area contributed by atoms with Crippen molar-refractivity contribution in [2.45, 2.75) is 52.9 Å². The fourth-order valence-corrected chi connectivity index (χ4v) is 5.15. The van der Waals surface area contributed by atoms with E-state index in [1.54, 1.807) is 6.20 Å². The van der Waals surface area contributed by atoms with Gasteiger partial charge in [0, 0.05) is 47.4 Å². The molecule has 2 amide bonds. The van der Waals surface area contributed by atoms with Gasteiger partial charge in [-0.1, -0.05) is 52.0 Å². The molecule has 1 aromatic heterocycles. The summed E-state index contributed by atoms with van der Waals surface area (Å²) in [6, 6.07) is 22.9. The number of likely N-dealkylation sites (tertiary alicyclic amines) is 1. The monoisotopic (exact) mass is 561 g/mol. The topological polar surface area (TPSA) is 87.2 Å². The molecule has 2 heterocycles. The molecule has 7 heteroatoms. The molecular weight excluding hydrogens is 522 g/mol. The van der Waals surface area contributed by atoms with Gasteiger partial charge in [0.25, 0.3) is 11.8 Å². The Kier molecular flexibility index (Phi) is 8.39. The van der Waals surface area contributed by atoms with E-state index in [0.29, 0.717) is 23.0 Å². The van der Waals surface area contributed by atoms with E-state index in [4.69, 9.17) is 4.98 Å². The fraction of sp³-hybridized carbons (Fsp3) is 0.314. The standard InChI is InChI=1S/C35H39N5O2/c1-23-18-21-40(22-19-23)33(42)26-11-15-28(16-12-26)37-34-36-20-17-31(39-34)29-7-6-8-30(24(29)2)38-32(41)25-9-13-27(14-10-25)35(3,4)5/h6-17,20,23H,18-19,21-22H2,1-5H3,(H,38,41)(H,36,37,39). The first-order chi connectivity index (χ1) is 20.1. The zero-order valence-electron chi connectivity index (χ0n) is 25.1. The lowest BCUT2D eigenvalue weighted by Crippen LogP contribution is -2.37. The quantitative estimate of drug-likeness (QED) is 0.253. The Morgan fingerprint density at radius 3 is 2.21 bits per heavy atom. The van der Waals surface area contributed by atoms with Crippen LogP contribution < -0.4 is 10.6 Å². The van der Waals surface area contributed by atoms with Crippen molar-refractivity contribution in [3.8, 4) is 11.3 Å². The van der Waals surface area contributed by atoms with E-state index in [1.807, 2.05) is 84.6 Å². The first-order valence-corrected chi connectivity index (χ1v) is 14.6. The molecule has 0 aliphatic carbocycles. The third-order valence-electron chi connectivity index (χ3n) is 7.99. The van der Waals surface area contributed by atoms with Crippen molar-refractivity contribution >= 4 is 29.1 Å². The maximum absolute atomic E-state index is 13.0. The summed E-state index contributed by atoms with van der Waals surface area (Å²) in [5.41, 5.74) is 6.59. The largest absolute Gasteiger partial charge is 0.339 e. The molecule has 0 radical (unpaired) electrons. The number of rotatable bonds is 6. The zero-order valence-corrected chi connectivity index (χ0v) is 25.1. The second kappa shape index (κ2) is 12.1. The molecule has 1 saturated heterocycles. The predicted molar refractivity (Wildman–Crippen MR) is 169 cm³/mol. The van der Waals surface area contributed by atoms with Crippen LogP contribution in [0.3, 0.4) is 0 Å². The Hall–Kier alpha value is -4.52. The van der Waals surface area contributed by atoms with E-state index in [1.165, 1.54) is 5.56 Å². The highest BCUT2D eigenvalue weighted by atomic mass is 16.2. The van der Waals surface area contributed by atoms with Crippen LogP contribution in [0.1, 0.15) is 72.4 Å². The van der Waals surface area contributed by atoms with E-state index in [0.717, 1.165) is 54.1 Å². The molecule has 5 rings (SSSR count). The van der Waals surface area contributed by atoms with Crippen LogP contribution in [0.4, 0.5) is 17.3 Å². The number of anilines is 3. The average molecular weight is 562 g/mol. The fourth-order valence-electron chi connectivity index (χ4n) is 5.15. The molecule has 0 spiro atoms. The summed E-state index contributed by atoms with van der Waals surface area (Å²) in [6.45, 7) is 12.3. The van der Waals surface area contributed by atoms with Crippen LogP contribution in [0.25, 0.3) is 11.3 Å². The van der Waals surface area contributed by atoms with Gasteiger partial charge in [0.2, 0.25) is 5.95 Å². The van der Waals surface area contributed by atoms with Gasteiger partial charge >= 0.3 is 0 Å². The molecule has 7 nitrogen and oxygen atoms in total. The zero-order chi connectivity index (χ0) is 29.9. The summed E-state index contributed by atoms with van der Waals surface area (Å²) in [5.74, 6) is 1.05. The van der Waals surface area contributed by atoms with Gasteiger partial charge in [-0.3, -0.25) is 9.59 Å². The van der Waals surface area contributed by atoms with Crippen molar-refractivity contribution in [2.75, 3.05) is 23.7 Å². The van der Waals surface area contributed by atoms with E-state index in [9.17, 15) is 9.59 Å². The summed E-state index contributed by atoms with van der Waals surface area (Å²) in [5, 5.41) is 6.31. The molecule has 2 N–H and O–H groups in total. The molecule has 4 aromatic rings. The van der Waals surface area contributed by atoms with Crippen molar-refractivity contribution in [1.82, 2.24) is 14.9 Å². The average Bonchev–Trinajstić information content (AvgIpc) is 2.98. The number of carbonyl (C=O) groups is 2. The van der Waals surface area contributed by atoms with Crippen LogP contribution in [0, 0.1) is 12.8 Å². The number of hydrogen-bond donors (Lipinski definition) is 2. The van der Waals surface area contributed by atoms with Gasteiger partial charge in [-0.15, -0.1) is 0 Å². The van der Waals surface area contributed by atoms with Crippen LogP contribution in [-0.2, 0) is 5.41 Å². The van der Waals surface area contributed by atoms with Crippen LogP contribution in [-0.4, -0.2) is 39.8 Å². The summed E-state index contributed by atoms with van der Waals surface area (Å²) in [7, 11) is 0. The Morgan fingerprint density at radius 2 is 1.55 bits per heavy atom. The number of carbonyl (C=O) groups excluding carboxylic acids is 2. The van der Waals surface area contributed by atoms with Gasteiger partial charge in [0.15, 0.2) is 0 Å². The number of hydrogen-bond acceptors (Lipinski definition) is 5. The lowest BCUT2D eigenvalue weighted by atomic mass is 9.86. The van der Waals surface area contributed by atoms with Crippen LogP contribution in [0.5, 0.6) is 0 Å². The lowest BCUT2D eigenvalue weighted by molar-refractivity contribution is 0.0697. The number of amides is 2. The van der Waals surface area contributed by atoms with E-state index in [-0.39, 0.29) is 17.2 Å². The number of piperidine rings is 1. The SMILES string of the molecule is Cc1c(NC(=O)c2ccc(C(C)(C)C)cc2)cccc1-c1ccnc(Nc2ccc(C(=O)N3CCC(C)CC3)cc2)n1. The first kappa shape index (κ1) is 29.0. The summed E-state index contributed by atoms with van der Waals surface area (Å²) in [6.07, 6.45) is 3.82. The Morgan fingerprint density at radius 1 is 0.881 bits per heavy atom. The van der Waals surface area contributed by atoms with E-state index in [2.05, 4.69) is 43.3 Å². The molecule has 1 aliphatic rings. The second-order valence-corrected chi connectivity index (χ2v) is 12.2. The maximum atomic E-state index is 13.0. The Labute approximate surface area is 248 Å². The Balaban J connectivity index is 1.28. The maximum Gasteiger partial charge on any atom is 0.255 e.